The van der Waals surface area contributed by atoms with Crippen LogP contribution in [0.25, 0.3) is 0 Å². The van der Waals surface area contributed by atoms with Gasteiger partial charge in [-0.25, -0.2) is 9.97 Å². The molecule has 0 amide bonds. The fourth-order valence-corrected chi connectivity index (χ4v) is 3.33. The van der Waals surface area contributed by atoms with Crippen molar-refractivity contribution in [2.75, 3.05) is 24.5 Å². The minimum Gasteiger partial charge on any atom is -0.351 e. The molecule has 104 valence electrons. The van der Waals surface area contributed by atoms with Crippen molar-refractivity contribution in [1.29, 1.82) is 0 Å². The molecule has 0 spiro atoms. The molecule has 1 atom stereocenters. The summed E-state index contributed by atoms with van der Waals surface area (Å²) < 4.78 is 0. The number of hydrogen-bond donors (Lipinski definition) is 1. The molecule has 2 aliphatic rings. The average Bonchev–Trinajstić information content (AvgIpc) is 2.72. The van der Waals surface area contributed by atoms with Gasteiger partial charge in [-0.2, -0.15) is 0 Å². The zero-order valence-electron chi connectivity index (χ0n) is 11.9. The Labute approximate surface area is 115 Å². The summed E-state index contributed by atoms with van der Waals surface area (Å²) in [4.78, 5) is 11.7. The van der Waals surface area contributed by atoms with Gasteiger partial charge in [-0.1, -0.05) is 13.3 Å². The smallest absolute Gasteiger partial charge is 0.135 e. The Morgan fingerprint density at radius 3 is 3.05 bits per heavy atom. The van der Waals surface area contributed by atoms with E-state index in [9.17, 15) is 0 Å². The average molecular weight is 260 g/mol. The highest BCUT2D eigenvalue weighted by atomic mass is 15.3. The SMILES string of the molecule is CCC1CNCCN1c1ncnc2c1CCCCC2. The van der Waals surface area contributed by atoms with E-state index in [1.54, 1.807) is 6.33 Å². The molecule has 3 rings (SSSR count). The van der Waals surface area contributed by atoms with Gasteiger partial charge in [0.1, 0.15) is 12.1 Å². The lowest BCUT2D eigenvalue weighted by molar-refractivity contribution is 0.461. The fraction of sp³-hybridized carbons (Fsp3) is 0.733. The Kier molecular flexibility index (Phi) is 3.97. The number of piperazine rings is 1. The number of hydrogen-bond acceptors (Lipinski definition) is 4. The summed E-state index contributed by atoms with van der Waals surface area (Å²) in [6, 6.07) is 0.580. The van der Waals surface area contributed by atoms with E-state index in [1.807, 2.05) is 0 Å². The number of fused-ring (bicyclic) bond motifs is 1. The van der Waals surface area contributed by atoms with E-state index in [0.29, 0.717) is 6.04 Å². The van der Waals surface area contributed by atoms with Crippen LogP contribution in [-0.4, -0.2) is 35.6 Å². The second-order valence-electron chi connectivity index (χ2n) is 5.64. The zero-order valence-corrected chi connectivity index (χ0v) is 11.9. The highest BCUT2D eigenvalue weighted by molar-refractivity contribution is 5.50. The number of aryl methyl sites for hydroxylation is 1. The van der Waals surface area contributed by atoms with Gasteiger partial charge in [0, 0.05) is 36.9 Å². The summed E-state index contributed by atoms with van der Waals surface area (Å²) in [6.45, 7) is 5.48. The van der Waals surface area contributed by atoms with Gasteiger partial charge in [-0.15, -0.1) is 0 Å². The second kappa shape index (κ2) is 5.87. The van der Waals surface area contributed by atoms with Crippen LogP contribution < -0.4 is 10.2 Å². The number of aromatic nitrogens is 2. The molecule has 4 nitrogen and oxygen atoms in total. The van der Waals surface area contributed by atoms with Crippen molar-refractivity contribution in [2.45, 2.75) is 51.5 Å². The number of rotatable bonds is 2. The van der Waals surface area contributed by atoms with E-state index in [-0.39, 0.29) is 0 Å². The first kappa shape index (κ1) is 12.9. The van der Waals surface area contributed by atoms with Crippen LogP contribution in [0.1, 0.15) is 43.9 Å². The first-order valence-electron chi connectivity index (χ1n) is 7.70. The topological polar surface area (TPSA) is 41.0 Å². The predicted molar refractivity (Wildman–Crippen MR) is 77.6 cm³/mol. The van der Waals surface area contributed by atoms with Crippen molar-refractivity contribution in [3.63, 3.8) is 0 Å². The zero-order chi connectivity index (χ0) is 13.1. The molecule has 2 heterocycles. The molecule has 1 saturated heterocycles. The summed E-state index contributed by atoms with van der Waals surface area (Å²) in [5.74, 6) is 1.22. The lowest BCUT2D eigenvalue weighted by Gasteiger charge is -2.37. The summed E-state index contributed by atoms with van der Waals surface area (Å²) in [5.41, 5.74) is 2.73. The van der Waals surface area contributed by atoms with Gasteiger partial charge < -0.3 is 10.2 Å². The van der Waals surface area contributed by atoms with E-state index in [4.69, 9.17) is 0 Å². The molecule has 1 N–H and O–H groups in total. The van der Waals surface area contributed by atoms with Crippen LogP contribution in [0.4, 0.5) is 5.82 Å². The Hall–Kier alpha value is -1.16. The van der Waals surface area contributed by atoms with Crippen molar-refractivity contribution >= 4 is 5.82 Å². The first-order chi connectivity index (χ1) is 9.40. The van der Waals surface area contributed by atoms with Crippen molar-refractivity contribution in [3.8, 4) is 0 Å². The van der Waals surface area contributed by atoms with E-state index in [1.165, 1.54) is 42.8 Å². The molecule has 1 aromatic rings. The van der Waals surface area contributed by atoms with Crippen LogP contribution in [0.2, 0.25) is 0 Å². The Morgan fingerprint density at radius 2 is 2.16 bits per heavy atom. The Morgan fingerprint density at radius 1 is 1.26 bits per heavy atom. The van der Waals surface area contributed by atoms with Crippen LogP contribution in [0.3, 0.4) is 0 Å². The third-order valence-corrected chi connectivity index (χ3v) is 4.45. The highest BCUT2D eigenvalue weighted by Gasteiger charge is 2.25. The molecular formula is C15H24N4. The van der Waals surface area contributed by atoms with Gasteiger partial charge in [-0.05, 0) is 32.1 Å². The second-order valence-corrected chi connectivity index (χ2v) is 5.64. The Balaban J connectivity index is 1.95. The van der Waals surface area contributed by atoms with Crippen LogP contribution in [0.5, 0.6) is 0 Å². The fourth-order valence-electron chi connectivity index (χ4n) is 3.33. The molecule has 1 unspecified atom stereocenters. The third-order valence-electron chi connectivity index (χ3n) is 4.45. The molecule has 19 heavy (non-hydrogen) atoms. The monoisotopic (exact) mass is 260 g/mol. The minimum absolute atomic E-state index is 0.580. The van der Waals surface area contributed by atoms with Gasteiger partial charge >= 0.3 is 0 Å². The number of nitrogens with one attached hydrogen (secondary N) is 1. The lowest BCUT2D eigenvalue weighted by Crippen LogP contribution is -2.51. The molecular weight excluding hydrogens is 236 g/mol. The van der Waals surface area contributed by atoms with Gasteiger partial charge in [0.15, 0.2) is 0 Å². The van der Waals surface area contributed by atoms with E-state index in [0.717, 1.165) is 32.5 Å². The van der Waals surface area contributed by atoms with Crippen molar-refractivity contribution in [1.82, 2.24) is 15.3 Å². The normalized spacial score (nSPS) is 23.8. The summed E-state index contributed by atoms with van der Waals surface area (Å²) in [7, 11) is 0. The largest absolute Gasteiger partial charge is 0.351 e. The van der Waals surface area contributed by atoms with Crippen LogP contribution in [0, 0.1) is 0 Å². The van der Waals surface area contributed by atoms with E-state index in [2.05, 4.69) is 27.1 Å². The summed E-state index contributed by atoms with van der Waals surface area (Å²) >= 11 is 0. The van der Waals surface area contributed by atoms with E-state index < -0.39 is 0 Å². The van der Waals surface area contributed by atoms with Gasteiger partial charge in [0.2, 0.25) is 0 Å². The standard InChI is InChI=1S/C15H24N4/c1-2-12-10-16-8-9-19(12)15-13-6-4-3-5-7-14(13)17-11-18-15/h11-12,16H,2-10H2,1H3. The van der Waals surface area contributed by atoms with Crippen molar-refractivity contribution < 1.29 is 0 Å². The highest BCUT2D eigenvalue weighted by Crippen LogP contribution is 2.28. The Bertz CT molecular complexity index is 432. The minimum atomic E-state index is 0.580. The molecule has 0 bridgehead atoms. The third kappa shape index (κ3) is 2.59. The predicted octanol–water partition coefficient (Wildman–Crippen LogP) is 1.93. The van der Waals surface area contributed by atoms with Gasteiger partial charge in [0.05, 0.1) is 0 Å². The maximum atomic E-state index is 4.64. The van der Waals surface area contributed by atoms with Crippen LogP contribution in [0.15, 0.2) is 6.33 Å². The number of anilines is 1. The quantitative estimate of drug-likeness (QED) is 0.825. The lowest BCUT2D eigenvalue weighted by atomic mass is 10.1. The van der Waals surface area contributed by atoms with Crippen molar-refractivity contribution in [3.05, 3.63) is 17.6 Å². The molecule has 1 aliphatic carbocycles. The summed E-state index contributed by atoms with van der Waals surface area (Å²) in [6.07, 6.45) is 9.13. The molecule has 1 aliphatic heterocycles. The maximum Gasteiger partial charge on any atom is 0.135 e. The van der Waals surface area contributed by atoms with Crippen LogP contribution in [-0.2, 0) is 12.8 Å². The molecule has 0 aromatic carbocycles. The van der Waals surface area contributed by atoms with Crippen LogP contribution >= 0.6 is 0 Å². The molecule has 1 fully saturated rings. The van der Waals surface area contributed by atoms with Gasteiger partial charge in [-0.3, -0.25) is 0 Å². The number of nitrogens with zero attached hydrogens (tertiary/aromatic N) is 3. The first-order valence-corrected chi connectivity index (χ1v) is 7.70. The van der Waals surface area contributed by atoms with Crippen molar-refractivity contribution in [2.24, 2.45) is 0 Å². The molecule has 4 heteroatoms. The maximum absolute atomic E-state index is 4.64. The van der Waals surface area contributed by atoms with Gasteiger partial charge in [0.25, 0.3) is 0 Å². The molecule has 1 aromatic heterocycles. The van der Waals surface area contributed by atoms with E-state index >= 15 is 0 Å². The summed E-state index contributed by atoms with van der Waals surface area (Å²) in [5, 5.41) is 3.49. The molecule has 0 radical (unpaired) electrons. The molecule has 0 saturated carbocycles.